The summed E-state index contributed by atoms with van der Waals surface area (Å²) in [4.78, 5) is 11.5. The van der Waals surface area contributed by atoms with Crippen molar-refractivity contribution >= 4 is 62.5 Å². The Morgan fingerprint density at radius 2 is 1.95 bits per heavy atom. The average molecular weight is 623 g/mol. The Morgan fingerprint density at radius 1 is 1.12 bits per heavy atom. The molecule has 4 aromatic rings. The van der Waals surface area contributed by atoms with Gasteiger partial charge in [0, 0.05) is 65.7 Å². The molecule has 13 heteroatoms. The Balaban J connectivity index is 1.30. The zero-order valence-corrected chi connectivity index (χ0v) is 25.2. The molecule has 0 spiro atoms. The van der Waals surface area contributed by atoms with Gasteiger partial charge in [0.05, 0.1) is 51.9 Å². The maximum absolute atomic E-state index is 9.91. The molecule has 2 aromatic heterocycles. The number of thiazole rings is 1. The molecule has 2 aromatic carbocycles. The van der Waals surface area contributed by atoms with E-state index in [0.29, 0.717) is 32.2 Å². The fourth-order valence-electron chi connectivity index (χ4n) is 4.93. The Bertz CT molecular complexity index is 1650. The predicted molar refractivity (Wildman–Crippen MR) is 168 cm³/mol. The van der Waals surface area contributed by atoms with Gasteiger partial charge in [-0.05, 0) is 36.8 Å². The van der Waals surface area contributed by atoms with Gasteiger partial charge in [-0.25, -0.2) is 4.98 Å². The zero-order valence-electron chi connectivity index (χ0n) is 22.8. The van der Waals surface area contributed by atoms with Crippen molar-refractivity contribution in [1.82, 2.24) is 30.8 Å². The third-order valence-electron chi connectivity index (χ3n) is 7.26. The van der Waals surface area contributed by atoms with Gasteiger partial charge in [-0.2, -0.15) is 5.26 Å². The van der Waals surface area contributed by atoms with Crippen LogP contribution < -0.4 is 21.6 Å². The largest absolute Gasteiger partial charge is 0.379 e. The van der Waals surface area contributed by atoms with Crippen LogP contribution in [0.4, 0.5) is 17.1 Å². The number of halogens is 2. The Morgan fingerprint density at radius 3 is 2.71 bits per heavy atom. The summed E-state index contributed by atoms with van der Waals surface area (Å²) in [5.41, 5.74) is 14.2. The van der Waals surface area contributed by atoms with Gasteiger partial charge in [0.2, 0.25) is 0 Å². The predicted octanol–water partition coefficient (Wildman–Crippen LogP) is 5.57. The molecule has 6 rings (SSSR count). The molecule has 10 nitrogen and oxygen atoms in total. The lowest BCUT2D eigenvalue weighted by molar-refractivity contribution is 0.0334. The van der Waals surface area contributed by atoms with Crippen LogP contribution in [0.2, 0.25) is 10.0 Å². The molecule has 1 atom stereocenters. The normalized spacial score (nSPS) is 16.1. The van der Waals surface area contributed by atoms with Crippen LogP contribution in [0.25, 0.3) is 10.9 Å². The number of hydrogen-bond acceptors (Lipinski definition) is 11. The second-order valence-corrected chi connectivity index (χ2v) is 11.6. The first kappa shape index (κ1) is 28.5. The molecule has 4 N–H and O–H groups in total. The Labute approximate surface area is 257 Å². The molecule has 42 heavy (non-hydrogen) atoms. The molecule has 0 unspecified atom stereocenters. The molecule has 216 valence electrons. The van der Waals surface area contributed by atoms with Crippen molar-refractivity contribution in [3.8, 4) is 6.07 Å². The van der Waals surface area contributed by atoms with Gasteiger partial charge in [-0.1, -0.05) is 29.3 Å². The van der Waals surface area contributed by atoms with Crippen LogP contribution in [0.15, 0.2) is 59.3 Å². The van der Waals surface area contributed by atoms with Gasteiger partial charge in [0.25, 0.3) is 0 Å². The summed E-state index contributed by atoms with van der Waals surface area (Å²) in [6.45, 7) is 7.12. The third kappa shape index (κ3) is 6.24. The van der Waals surface area contributed by atoms with Crippen molar-refractivity contribution in [2.24, 2.45) is 0 Å². The van der Waals surface area contributed by atoms with Gasteiger partial charge < -0.3 is 20.8 Å². The molecule has 0 aliphatic carbocycles. The minimum absolute atomic E-state index is 0.287. The summed E-state index contributed by atoms with van der Waals surface area (Å²) in [7, 11) is 0. The van der Waals surface area contributed by atoms with E-state index in [2.05, 4.69) is 48.7 Å². The quantitative estimate of drug-likeness (QED) is 0.189. The van der Waals surface area contributed by atoms with E-state index in [1.54, 1.807) is 0 Å². The summed E-state index contributed by atoms with van der Waals surface area (Å²) in [5, 5.41) is 22.7. The number of fused-ring (bicyclic) bond motifs is 1. The van der Waals surface area contributed by atoms with Crippen molar-refractivity contribution < 1.29 is 4.74 Å². The van der Waals surface area contributed by atoms with Crippen LogP contribution in [0, 0.1) is 18.3 Å². The van der Waals surface area contributed by atoms with E-state index in [4.69, 9.17) is 27.9 Å². The number of benzene rings is 2. The number of rotatable bonds is 9. The van der Waals surface area contributed by atoms with Gasteiger partial charge >= 0.3 is 0 Å². The monoisotopic (exact) mass is 621 g/mol. The fourth-order valence-corrected chi connectivity index (χ4v) is 5.96. The molecule has 1 fully saturated rings. The number of nitrogens with one attached hydrogen (secondary N) is 4. The van der Waals surface area contributed by atoms with Gasteiger partial charge in [0.15, 0.2) is 0 Å². The summed E-state index contributed by atoms with van der Waals surface area (Å²) < 4.78 is 5.46. The van der Waals surface area contributed by atoms with E-state index in [-0.39, 0.29) is 6.04 Å². The lowest BCUT2D eigenvalue weighted by Crippen LogP contribution is -2.44. The zero-order chi connectivity index (χ0) is 29.1. The molecule has 1 saturated heterocycles. The maximum atomic E-state index is 9.91. The summed E-state index contributed by atoms with van der Waals surface area (Å²) >= 11 is 14.7. The Kier molecular flexibility index (Phi) is 8.62. The van der Waals surface area contributed by atoms with Gasteiger partial charge in [-0.3, -0.25) is 14.9 Å². The van der Waals surface area contributed by atoms with Crippen LogP contribution in [0.5, 0.6) is 0 Å². The van der Waals surface area contributed by atoms with E-state index < -0.39 is 0 Å². The number of pyridine rings is 1. The van der Waals surface area contributed by atoms with Crippen LogP contribution in [0.3, 0.4) is 0 Å². The second-order valence-electron chi connectivity index (χ2n) is 10.1. The first-order valence-corrected chi connectivity index (χ1v) is 15.2. The number of aromatic nitrogens is 2. The highest BCUT2D eigenvalue weighted by molar-refractivity contribution is 7.07. The third-order valence-corrected chi connectivity index (χ3v) is 8.56. The topological polar surface area (TPSA) is 113 Å². The summed E-state index contributed by atoms with van der Waals surface area (Å²) in [6, 6.07) is 11.4. The number of anilines is 3. The number of hydrazine groups is 2. The van der Waals surface area contributed by atoms with Crippen molar-refractivity contribution in [2.45, 2.75) is 13.0 Å². The number of morpholine rings is 1. The Hall–Kier alpha value is -3.63. The van der Waals surface area contributed by atoms with Crippen molar-refractivity contribution in [2.75, 3.05) is 50.0 Å². The second kappa shape index (κ2) is 12.7. The molecule has 0 radical (unpaired) electrons. The van der Waals surface area contributed by atoms with Crippen LogP contribution in [-0.2, 0) is 4.74 Å². The highest BCUT2D eigenvalue weighted by Gasteiger charge is 2.25. The number of hydrogen-bond donors (Lipinski definition) is 4. The summed E-state index contributed by atoms with van der Waals surface area (Å²) in [6.07, 6.45) is 3.59. The molecule has 2 aliphatic heterocycles. The van der Waals surface area contributed by atoms with E-state index in [9.17, 15) is 5.26 Å². The minimum Gasteiger partial charge on any atom is -0.379 e. The number of ether oxygens (including phenoxy) is 1. The number of aryl methyl sites for hydroxylation is 1. The van der Waals surface area contributed by atoms with Crippen molar-refractivity contribution in [3.05, 3.63) is 86.2 Å². The molecule has 4 heterocycles. The molecule has 0 saturated carbocycles. The van der Waals surface area contributed by atoms with Gasteiger partial charge in [0.1, 0.15) is 12.1 Å². The highest BCUT2D eigenvalue weighted by atomic mass is 35.5. The van der Waals surface area contributed by atoms with E-state index >= 15 is 0 Å². The lowest BCUT2D eigenvalue weighted by atomic mass is 10.1. The van der Waals surface area contributed by atoms with E-state index in [0.717, 1.165) is 67.7 Å². The van der Waals surface area contributed by atoms with Crippen LogP contribution in [-0.4, -0.2) is 59.3 Å². The van der Waals surface area contributed by atoms with Crippen molar-refractivity contribution in [1.29, 1.82) is 5.26 Å². The molecule has 2 aliphatic rings. The van der Waals surface area contributed by atoms with Crippen LogP contribution in [0.1, 0.15) is 22.9 Å². The molecular weight excluding hydrogens is 593 g/mol. The average Bonchev–Trinajstić information content (AvgIpc) is 3.71. The van der Waals surface area contributed by atoms with Crippen molar-refractivity contribution in [3.63, 3.8) is 0 Å². The van der Waals surface area contributed by atoms with E-state index in [1.165, 1.54) is 17.5 Å². The number of nitriles is 1. The standard InChI is InChI=1S/C29H29Cl2N9OS/c1-18-2-3-20(11-23(18)30)35-27-19(13-32)14-33-28-22(27)10-21(12-24(28)31)36-29(26-16-42-17-34-26)25-15-40(38-37-25)5-4-39-6-8-41-9-7-39/h2-3,10-12,14-17,29,36-38H,4-9H2,1H3,(H,33,35)/t29-/m1/s1. The minimum atomic E-state index is -0.287. The SMILES string of the molecule is Cc1ccc(Nc2c(C#N)cnc3c(Cl)cc(N[C@H](C4=CN(CCN5CCOCC5)NN4)c4cscn4)cc23)cc1Cl. The highest BCUT2D eigenvalue weighted by Crippen LogP contribution is 2.37. The fraction of sp³-hybridized carbons (Fsp3) is 0.276. The maximum Gasteiger partial charge on any atom is 0.113 e. The van der Waals surface area contributed by atoms with Gasteiger partial charge in [-0.15, -0.1) is 16.9 Å². The lowest BCUT2D eigenvalue weighted by Gasteiger charge is -2.28. The first-order chi connectivity index (χ1) is 20.5. The smallest absolute Gasteiger partial charge is 0.113 e. The summed E-state index contributed by atoms with van der Waals surface area (Å²) in [5.74, 6) is 0. The molecule has 0 bridgehead atoms. The molecule has 0 amide bonds. The van der Waals surface area contributed by atoms with E-state index in [1.807, 2.05) is 53.2 Å². The first-order valence-electron chi connectivity index (χ1n) is 13.5. The molecular formula is C29H29Cl2N9OS. The van der Waals surface area contributed by atoms with Crippen LogP contribution >= 0.6 is 34.5 Å². The number of nitrogens with zero attached hydrogens (tertiary/aromatic N) is 5.